The molecule has 2 heterocycles. The van der Waals surface area contributed by atoms with E-state index in [0.717, 1.165) is 42.6 Å². The van der Waals surface area contributed by atoms with Gasteiger partial charge in [-0.2, -0.15) is 0 Å². The van der Waals surface area contributed by atoms with Crippen molar-refractivity contribution in [1.82, 2.24) is 14.8 Å². The number of rotatable bonds is 3. The number of nitro benzene ring substituents is 1. The van der Waals surface area contributed by atoms with Crippen molar-refractivity contribution in [3.63, 3.8) is 0 Å². The van der Waals surface area contributed by atoms with E-state index in [0.29, 0.717) is 5.11 Å². The minimum atomic E-state index is -0.410. The lowest BCUT2D eigenvalue weighted by molar-refractivity contribution is -0.384. The zero-order chi connectivity index (χ0) is 17.1. The number of hydrogen-bond donors (Lipinski definition) is 1. The second-order valence-electron chi connectivity index (χ2n) is 5.56. The number of aromatic nitrogens is 1. The number of thiocarbonyl (C=S) groups is 1. The van der Waals surface area contributed by atoms with Crippen LogP contribution in [0.1, 0.15) is 0 Å². The number of benzene rings is 1. The number of likely N-dealkylation sites (N-methyl/N-ethyl adjacent to an activating group) is 1. The Labute approximate surface area is 149 Å². The van der Waals surface area contributed by atoms with Crippen LogP contribution in [0.2, 0.25) is 0 Å². The highest BCUT2D eigenvalue weighted by molar-refractivity contribution is 7.80. The maximum atomic E-state index is 10.7. The summed E-state index contributed by atoms with van der Waals surface area (Å²) in [6.45, 7) is 3.80. The standard InChI is InChI=1S/C15H17N5O2S2/c1-18-6-8-19(9-7-18)15(23)17-14-16-13(10-24-14)11-2-4-12(5-3-11)20(21)22/h2-5,10H,6-9H2,1H3,(H,16,17,23). The molecule has 1 aliphatic rings. The molecule has 0 amide bonds. The molecule has 2 aromatic rings. The van der Waals surface area contributed by atoms with Gasteiger partial charge in [-0.05, 0) is 31.4 Å². The van der Waals surface area contributed by atoms with Gasteiger partial charge in [-0.3, -0.25) is 10.1 Å². The quantitative estimate of drug-likeness (QED) is 0.510. The summed E-state index contributed by atoms with van der Waals surface area (Å²) in [5.74, 6) is 0. The van der Waals surface area contributed by atoms with Crippen LogP contribution in [0.5, 0.6) is 0 Å². The second-order valence-corrected chi connectivity index (χ2v) is 6.81. The summed E-state index contributed by atoms with van der Waals surface area (Å²) in [4.78, 5) is 19.2. The summed E-state index contributed by atoms with van der Waals surface area (Å²) in [6.07, 6.45) is 0. The molecular weight excluding hydrogens is 346 g/mol. The number of nitro groups is 1. The largest absolute Gasteiger partial charge is 0.346 e. The molecule has 1 fully saturated rings. The van der Waals surface area contributed by atoms with Crippen LogP contribution in [0, 0.1) is 10.1 Å². The first-order valence-corrected chi connectivity index (χ1v) is 8.76. The van der Waals surface area contributed by atoms with Crippen LogP contribution >= 0.6 is 23.6 Å². The Morgan fingerprint density at radius 1 is 1.29 bits per heavy atom. The molecule has 1 saturated heterocycles. The zero-order valence-corrected chi connectivity index (χ0v) is 14.8. The van der Waals surface area contributed by atoms with Crippen LogP contribution in [0.15, 0.2) is 29.6 Å². The van der Waals surface area contributed by atoms with Crippen molar-refractivity contribution in [2.24, 2.45) is 0 Å². The number of hydrogen-bond acceptors (Lipinski definition) is 6. The number of nitrogens with one attached hydrogen (secondary N) is 1. The Morgan fingerprint density at radius 3 is 2.58 bits per heavy atom. The van der Waals surface area contributed by atoms with Crippen molar-refractivity contribution in [3.05, 3.63) is 39.8 Å². The van der Waals surface area contributed by atoms with Gasteiger partial charge in [0.05, 0.1) is 10.6 Å². The average molecular weight is 363 g/mol. The van der Waals surface area contributed by atoms with Gasteiger partial charge >= 0.3 is 0 Å². The molecule has 0 atom stereocenters. The summed E-state index contributed by atoms with van der Waals surface area (Å²) in [7, 11) is 2.10. The van der Waals surface area contributed by atoms with Gasteiger partial charge in [0.15, 0.2) is 10.2 Å². The highest BCUT2D eigenvalue weighted by Crippen LogP contribution is 2.26. The third kappa shape index (κ3) is 3.86. The molecule has 1 N–H and O–H groups in total. The molecule has 7 nitrogen and oxygen atoms in total. The molecule has 1 aromatic carbocycles. The molecule has 0 radical (unpaired) electrons. The SMILES string of the molecule is CN1CCN(C(=S)Nc2nc(-c3ccc([N+](=O)[O-])cc3)cs2)CC1. The number of non-ortho nitro benzene ring substituents is 1. The summed E-state index contributed by atoms with van der Waals surface area (Å²) in [5, 5.41) is 17.2. The molecule has 0 unspecified atom stereocenters. The fourth-order valence-corrected chi connectivity index (χ4v) is 3.46. The molecule has 1 aliphatic heterocycles. The summed E-state index contributed by atoms with van der Waals surface area (Å²) < 4.78 is 0. The van der Waals surface area contributed by atoms with E-state index >= 15 is 0 Å². The van der Waals surface area contributed by atoms with Gasteiger partial charge in [0.1, 0.15) is 0 Å². The fourth-order valence-electron chi connectivity index (χ4n) is 2.40. The van der Waals surface area contributed by atoms with E-state index in [9.17, 15) is 10.1 Å². The van der Waals surface area contributed by atoms with Crippen molar-refractivity contribution in [2.75, 3.05) is 38.5 Å². The van der Waals surface area contributed by atoms with Crippen molar-refractivity contribution < 1.29 is 4.92 Å². The van der Waals surface area contributed by atoms with Gasteiger partial charge in [0, 0.05) is 49.3 Å². The first-order chi connectivity index (χ1) is 11.5. The first-order valence-electron chi connectivity index (χ1n) is 7.48. The third-order valence-electron chi connectivity index (χ3n) is 3.88. The van der Waals surface area contributed by atoms with Gasteiger partial charge in [-0.15, -0.1) is 11.3 Å². The Hall–Kier alpha value is -2.10. The number of piperazine rings is 1. The van der Waals surface area contributed by atoms with E-state index in [2.05, 4.69) is 27.1 Å². The third-order valence-corrected chi connectivity index (χ3v) is 5.00. The maximum absolute atomic E-state index is 10.7. The molecule has 9 heteroatoms. The van der Waals surface area contributed by atoms with Crippen LogP contribution in [-0.2, 0) is 0 Å². The second kappa shape index (κ2) is 7.20. The highest BCUT2D eigenvalue weighted by Gasteiger charge is 2.17. The van der Waals surface area contributed by atoms with E-state index in [-0.39, 0.29) is 5.69 Å². The van der Waals surface area contributed by atoms with Gasteiger partial charge in [-0.1, -0.05) is 0 Å². The summed E-state index contributed by atoms with van der Waals surface area (Å²) in [5.41, 5.74) is 1.69. The molecular formula is C15H17N5O2S2. The van der Waals surface area contributed by atoms with Crippen molar-refractivity contribution in [1.29, 1.82) is 0 Å². The molecule has 0 saturated carbocycles. The van der Waals surface area contributed by atoms with Crippen molar-refractivity contribution in [3.8, 4) is 11.3 Å². The van der Waals surface area contributed by atoms with Crippen LogP contribution in [0.4, 0.5) is 10.8 Å². The Bertz CT molecular complexity index is 739. The van der Waals surface area contributed by atoms with E-state index in [1.807, 2.05) is 5.38 Å². The molecule has 0 bridgehead atoms. The van der Waals surface area contributed by atoms with Crippen LogP contribution < -0.4 is 5.32 Å². The van der Waals surface area contributed by atoms with Gasteiger partial charge < -0.3 is 15.1 Å². The molecule has 24 heavy (non-hydrogen) atoms. The Morgan fingerprint density at radius 2 is 1.96 bits per heavy atom. The lowest BCUT2D eigenvalue weighted by atomic mass is 10.1. The van der Waals surface area contributed by atoms with E-state index < -0.39 is 4.92 Å². The molecule has 3 rings (SSSR count). The van der Waals surface area contributed by atoms with Crippen LogP contribution in [0.25, 0.3) is 11.3 Å². The molecule has 0 spiro atoms. The smallest absolute Gasteiger partial charge is 0.269 e. The lowest BCUT2D eigenvalue weighted by Gasteiger charge is -2.33. The predicted molar refractivity (Wildman–Crippen MR) is 99.5 cm³/mol. The van der Waals surface area contributed by atoms with Gasteiger partial charge in [0.2, 0.25) is 0 Å². The molecule has 0 aliphatic carbocycles. The van der Waals surface area contributed by atoms with Gasteiger partial charge in [0.25, 0.3) is 5.69 Å². The summed E-state index contributed by atoms with van der Waals surface area (Å²) >= 11 is 6.92. The highest BCUT2D eigenvalue weighted by atomic mass is 32.1. The predicted octanol–water partition coefficient (Wildman–Crippen LogP) is 2.66. The Kier molecular flexibility index (Phi) is 5.03. The monoisotopic (exact) mass is 363 g/mol. The molecule has 126 valence electrons. The van der Waals surface area contributed by atoms with Crippen molar-refractivity contribution >= 4 is 39.5 Å². The molecule has 1 aromatic heterocycles. The van der Waals surface area contributed by atoms with Crippen molar-refractivity contribution in [2.45, 2.75) is 0 Å². The number of anilines is 1. The average Bonchev–Trinajstić information content (AvgIpc) is 3.04. The maximum Gasteiger partial charge on any atom is 0.269 e. The van der Waals surface area contributed by atoms with E-state index in [1.54, 1.807) is 12.1 Å². The first kappa shape index (κ1) is 16.7. The van der Waals surface area contributed by atoms with Crippen LogP contribution in [-0.4, -0.2) is 58.0 Å². The van der Waals surface area contributed by atoms with Gasteiger partial charge in [-0.25, -0.2) is 4.98 Å². The minimum absolute atomic E-state index is 0.0728. The lowest BCUT2D eigenvalue weighted by Crippen LogP contribution is -2.48. The van der Waals surface area contributed by atoms with E-state index in [4.69, 9.17) is 12.2 Å². The number of thiazole rings is 1. The Balaban J connectivity index is 1.65. The number of nitrogens with zero attached hydrogens (tertiary/aromatic N) is 4. The fraction of sp³-hybridized carbons (Fsp3) is 0.333. The summed E-state index contributed by atoms with van der Waals surface area (Å²) in [6, 6.07) is 6.37. The van der Waals surface area contributed by atoms with Crippen LogP contribution in [0.3, 0.4) is 0 Å². The minimum Gasteiger partial charge on any atom is -0.346 e. The topological polar surface area (TPSA) is 74.5 Å². The zero-order valence-electron chi connectivity index (χ0n) is 13.1. The van der Waals surface area contributed by atoms with E-state index in [1.165, 1.54) is 23.5 Å². The normalized spacial score (nSPS) is 15.3.